The Kier molecular flexibility index (Phi) is 5.74. The standard InChI is InChI=1S/C15H19ClFN3O2/c1-10(21)18-12-4-6-20(9-12)7-5-15(22)19-11-2-3-14(17)13(16)8-11/h2-3,8,12H,4-7,9H2,1H3,(H,18,21)(H,19,22)/t12-/m0/s1. The van der Waals surface area contributed by atoms with Gasteiger partial charge < -0.3 is 15.5 Å². The molecule has 1 aromatic carbocycles. The van der Waals surface area contributed by atoms with Crippen molar-refractivity contribution in [3.63, 3.8) is 0 Å². The quantitative estimate of drug-likeness (QED) is 0.869. The fraction of sp³-hybridized carbons (Fsp3) is 0.467. The summed E-state index contributed by atoms with van der Waals surface area (Å²) in [7, 11) is 0. The first-order valence-corrected chi connectivity index (χ1v) is 7.56. The average Bonchev–Trinajstić information content (AvgIpc) is 2.87. The normalized spacial score (nSPS) is 18.2. The molecule has 1 heterocycles. The minimum absolute atomic E-state index is 0.0181. The van der Waals surface area contributed by atoms with Gasteiger partial charge >= 0.3 is 0 Å². The van der Waals surface area contributed by atoms with E-state index >= 15 is 0 Å². The molecular formula is C15H19ClFN3O2. The first-order chi connectivity index (χ1) is 10.4. The predicted octanol–water partition coefficient (Wildman–Crippen LogP) is 2.02. The van der Waals surface area contributed by atoms with E-state index in [0.29, 0.717) is 18.7 Å². The fourth-order valence-corrected chi connectivity index (χ4v) is 2.68. The van der Waals surface area contributed by atoms with Crippen LogP contribution in [-0.2, 0) is 9.59 Å². The third-order valence-electron chi connectivity index (χ3n) is 3.54. The second kappa shape index (κ2) is 7.56. The summed E-state index contributed by atoms with van der Waals surface area (Å²) in [5.41, 5.74) is 0.481. The van der Waals surface area contributed by atoms with Gasteiger partial charge in [0.1, 0.15) is 5.82 Å². The predicted molar refractivity (Wildman–Crippen MR) is 83.3 cm³/mol. The maximum atomic E-state index is 13.0. The molecule has 2 amide bonds. The minimum atomic E-state index is -0.513. The molecule has 22 heavy (non-hydrogen) atoms. The molecule has 0 saturated carbocycles. The van der Waals surface area contributed by atoms with Crippen LogP contribution in [0.4, 0.5) is 10.1 Å². The minimum Gasteiger partial charge on any atom is -0.352 e. The van der Waals surface area contributed by atoms with E-state index in [1.165, 1.54) is 25.1 Å². The van der Waals surface area contributed by atoms with Gasteiger partial charge in [0.05, 0.1) is 5.02 Å². The van der Waals surface area contributed by atoms with E-state index in [0.717, 1.165) is 19.5 Å². The number of amides is 2. The number of halogens is 2. The second-order valence-corrected chi connectivity index (χ2v) is 5.82. The van der Waals surface area contributed by atoms with Gasteiger partial charge in [-0.15, -0.1) is 0 Å². The molecule has 0 radical (unpaired) electrons. The lowest BCUT2D eigenvalue weighted by atomic mass is 10.2. The van der Waals surface area contributed by atoms with Crippen LogP contribution >= 0.6 is 11.6 Å². The van der Waals surface area contributed by atoms with Crippen LogP contribution < -0.4 is 10.6 Å². The van der Waals surface area contributed by atoms with Crippen molar-refractivity contribution in [1.82, 2.24) is 10.2 Å². The number of rotatable bonds is 5. The van der Waals surface area contributed by atoms with Crippen LogP contribution in [0.1, 0.15) is 19.8 Å². The Morgan fingerprint density at radius 2 is 2.23 bits per heavy atom. The van der Waals surface area contributed by atoms with Crippen molar-refractivity contribution >= 4 is 29.1 Å². The van der Waals surface area contributed by atoms with Crippen LogP contribution in [0.3, 0.4) is 0 Å². The van der Waals surface area contributed by atoms with Crippen molar-refractivity contribution < 1.29 is 14.0 Å². The number of anilines is 1. The molecule has 120 valence electrons. The van der Waals surface area contributed by atoms with Crippen molar-refractivity contribution in [3.05, 3.63) is 29.0 Å². The summed E-state index contributed by atoms with van der Waals surface area (Å²) in [5, 5.41) is 5.55. The van der Waals surface area contributed by atoms with Gasteiger partial charge in [0, 0.05) is 44.7 Å². The summed E-state index contributed by atoms with van der Waals surface area (Å²) in [6.45, 7) is 3.75. The third kappa shape index (κ3) is 4.96. The summed E-state index contributed by atoms with van der Waals surface area (Å²) in [4.78, 5) is 25.0. The highest BCUT2D eigenvalue weighted by Gasteiger charge is 2.23. The first-order valence-electron chi connectivity index (χ1n) is 7.18. The molecule has 7 heteroatoms. The zero-order valence-corrected chi connectivity index (χ0v) is 13.1. The van der Waals surface area contributed by atoms with Gasteiger partial charge in [-0.1, -0.05) is 11.6 Å². The molecule has 0 aromatic heterocycles. The lowest BCUT2D eigenvalue weighted by molar-refractivity contribution is -0.119. The maximum absolute atomic E-state index is 13.0. The van der Waals surface area contributed by atoms with Crippen LogP contribution in [0.2, 0.25) is 5.02 Å². The summed E-state index contributed by atoms with van der Waals surface area (Å²) >= 11 is 5.67. The van der Waals surface area contributed by atoms with Crippen LogP contribution in [0.5, 0.6) is 0 Å². The molecule has 5 nitrogen and oxygen atoms in total. The van der Waals surface area contributed by atoms with Crippen molar-refractivity contribution in [2.24, 2.45) is 0 Å². The number of carbonyl (C=O) groups excluding carboxylic acids is 2. The van der Waals surface area contributed by atoms with Crippen LogP contribution in [-0.4, -0.2) is 42.4 Å². The molecule has 0 spiro atoms. The number of nitrogens with one attached hydrogen (secondary N) is 2. The van der Waals surface area contributed by atoms with Crippen LogP contribution in [0.25, 0.3) is 0 Å². The Labute approximate surface area is 133 Å². The van der Waals surface area contributed by atoms with E-state index in [1.807, 2.05) is 0 Å². The lowest BCUT2D eigenvalue weighted by Gasteiger charge is -2.16. The van der Waals surface area contributed by atoms with E-state index in [1.54, 1.807) is 0 Å². The smallest absolute Gasteiger partial charge is 0.225 e. The highest BCUT2D eigenvalue weighted by atomic mass is 35.5. The van der Waals surface area contributed by atoms with Gasteiger partial charge in [-0.3, -0.25) is 9.59 Å². The summed E-state index contributed by atoms with van der Waals surface area (Å²) in [5.74, 6) is -0.691. The van der Waals surface area contributed by atoms with Gasteiger partial charge in [-0.05, 0) is 24.6 Å². The van der Waals surface area contributed by atoms with Gasteiger partial charge in [-0.2, -0.15) is 0 Å². The summed E-state index contributed by atoms with van der Waals surface area (Å²) in [6, 6.07) is 4.24. The molecule has 0 aliphatic carbocycles. The largest absolute Gasteiger partial charge is 0.352 e. The Morgan fingerprint density at radius 1 is 1.45 bits per heavy atom. The SMILES string of the molecule is CC(=O)N[C@H]1CCN(CCC(=O)Nc2ccc(F)c(Cl)c2)C1. The molecule has 0 bridgehead atoms. The number of benzene rings is 1. The van der Waals surface area contributed by atoms with E-state index in [9.17, 15) is 14.0 Å². The number of hydrogen-bond donors (Lipinski definition) is 2. The zero-order valence-electron chi connectivity index (χ0n) is 12.4. The van der Waals surface area contributed by atoms with Crippen molar-refractivity contribution in [2.45, 2.75) is 25.8 Å². The first kappa shape index (κ1) is 16.7. The highest BCUT2D eigenvalue weighted by Crippen LogP contribution is 2.19. The Bertz CT molecular complexity index is 568. The van der Waals surface area contributed by atoms with E-state index in [2.05, 4.69) is 15.5 Å². The van der Waals surface area contributed by atoms with Crippen LogP contribution in [0.15, 0.2) is 18.2 Å². The van der Waals surface area contributed by atoms with Crippen molar-refractivity contribution in [1.29, 1.82) is 0 Å². The number of hydrogen-bond acceptors (Lipinski definition) is 3. The number of carbonyl (C=O) groups is 2. The molecule has 2 rings (SSSR count). The Hall–Kier alpha value is -1.66. The molecular weight excluding hydrogens is 309 g/mol. The molecule has 1 saturated heterocycles. The van der Waals surface area contributed by atoms with Gasteiger partial charge in [0.2, 0.25) is 11.8 Å². The maximum Gasteiger partial charge on any atom is 0.225 e. The van der Waals surface area contributed by atoms with Gasteiger partial charge in [0.25, 0.3) is 0 Å². The van der Waals surface area contributed by atoms with Gasteiger partial charge in [-0.25, -0.2) is 4.39 Å². The number of nitrogens with zero attached hydrogens (tertiary/aromatic N) is 1. The Morgan fingerprint density at radius 3 is 2.91 bits per heavy atom. The van der Waals surface area contributed by atoms with E-state index in [4.69, 9.17) is 11.6 Å². The summed E-state index contributed by atoms with van der Waals surface area (Å²) < 4.78 is 13.0. The van der Waals surface area contributed by atoms with Gasteiger partial charge in [0.15, 0.2) is 0 Å². The zero-order chi connectivity index (χ0) is 16.1. The number of likely N-dealkylation sites (tertiary alicyclic amines) is 1. The third-order valence-corrected chi connectivity index (χ3v) is 3.83. The monoisotopic (exact) mass is 327 g/mol. The Balaban J connectivity index is 1.74. The molecule has 1 aliphatic heterocycles. The molecule has 2 N–H and O–H groups in total. The van der Waals surface area contributed by atoms with Crippen LogP contribution in [0, 0.1) is 5.82 Å². The van der Waals surface area contributed by atoms with Crippen molar-refractivity contribution in [3.8, 4) is 0 Å². The summed E-state index contributed by atoms with van der Waals surface area (Å²) in [6.07, 6.45) is 1.23. The molecule has 1 atom stereocenters. The second-order valence-electron chi connectivity index (χ2n) is 5.41. The molecule has 1 aliphatic rings. The molecule has 1 fully saturated rings. The molecule has 0 unspecified atom stereocenters. The van der Waals surface area contributed by atoms with E-state index in [-0.39, 0.29) is 22.9 Å². The fourth-order valence-electron chi connectivity index (χ4n) is 2.50. The highest BCUT2D eigenvalue weighted by molar-refractivity contribution is 6.31. The van der Waals surface area contributed by atoms with Crippen molar-refractivity contribution in [2.75, 3.05) is 25.0 Å². The van der Waals surface area contributed by atoms with E-state index < -0.39 is 5.82 Å². The average molecular weight is 328 g/mol. The lowest BCUT2D eigenvalue weighted by Crippen LogP contribution is -2.36. The molecule has 1 aromatic rings. The topological polar surface area (TPSA) is 61.4 Å².